The van der Waals surface area contributed by atoms with E-state index in [4.69, 9.17) is 23.1 Å². The molecule has 0 aliphatic heterocycles. The predicted molar refractivity (Wildman–Crippen MR) is 76.3 cm³/mol. The summed E-state index contributed by atoms with van der Waals surface area (Å²) in [5.74, 6) is -0.358. The number of nitrogens with zero attached hydrogens (tertiary/aromatic N) is 3. The number of carbonyl (C=O) groups excluding carboxylic acids is 2. The summed E-state index contributed by atoms with van der Waals surface area (Å²) in [4.78, 5) is 32.0. The second-order valence-corrected chi connectivity index (χ2v) is 5.80. The Kier molecular flexibility index (Phi) is 4.88. The van der Waals surface area contributed by atoms with E-state index >= 15 is 0 Å². The molecule has 0 saturated carbocycles. The summed E-state index contributed by atoms with van der Waals surface area (Å²) in [7, 11) is 0. The molecule has 0 aliphatic carbocycles. The van der Waals surface area contributed by atoms with Crippen LogP contribution in [0.1, 0.15) is 26.6 Å². The first-order valence-electron chi connectivity index (χ1n) is 5.96. The van der Waals surface area contributed by atoms with Gasteiger partial charge >= 0.3 is 0 Å². The van der Waals surface area contributed by atoms with Crippen LogP contribution in [0.5, 0.6) is 0 Å². The first-order chi connectivity index (χ1) is 9.09. The third-order valence-corrected chi connectivity index (χ3v) is 2.56. The highest BCUT2D eigenvalue weighted by Gasteiger charge is 2.21. The van der Waals surface area contributed by atoms with Crippen molar-refractivity contribution in [1.82, 2.24) is 9.97 Å². The molecule has 7 nitrogen and oxygen atoms in total. The Morgan fingerprint density at radius 3 is 2.10 bits per heavy atom. The van der Waals surface area contributed by atoms with E-state index < -0.39 is 11.8 Å². The van der Waals surface area contributed by atoms with E-state index in [-0.39, 0.29) is 23.7 Å². The van der Waals surface area contributed by atoms with Gasteiger partial charge in [0.05, 0.1) is 13.1 Å². The molecule has 8 heteroatoms. The summed E-state index contributed by atoms with van der Waals surface area (Å²) in [5.41, 5.74) is 9.99. The van der Waals surface area contributed by atoms with Gasteiger partial charge in [0.25, 0.3) is 0 Å². The fraction of sp³-hybridized carbons (Fsp3) is 0.500. The summed E-state index contributed by atoms with van der Waals surface area (Å²) < 4.78 is 0. The van der Waals surface area contributed by atoms with Crippen molar-refractivity contribution in [2.45, 2.75) is 26.2 Å². The third kappa shape index (κ3) is 4.65. The zero-order chi connectivity index (χ0) is 15.5. The van der Waals surface area contributed by atoms with Crippen LogP contribution in [-0.4, -0.2) is 34.9 Å². The van der Waals surface area contributed by atoms with Gasteiger partial charge in [0, 0.05) is 11.5 Å². The van der Waals surface area contributed by atoms with Gasteiger partial charge in [-0.15, -0.1) is 0 Å². The highest BCUT2D eigenvalue weighted by molar-refractivity contribution is 6.29. The van der Waals surface area contributed by atoms with Crippen LogP contribution in [0.4, 0.5) is 5.82 Å². The largest absolute Gasteiger partial charge is 0.368 e. The summed E-state index contributed by atoms with van der Waals surface area (Å²) in [6.07, 6.45) is 0. The molecule has 0 spiro atoms. The van der Waals surface area contributed by atoms with Gasteiger partial charge in [0.1, 0.15) is 16.8 Å². The molecule has 1 heterocycles. The Labute approximate surface area is 122 Å². The number of primary amides is 2. The smallest absolute Gasteiger partial charge is 0.237 e. The molecule has 0 aromatic carbocycles. The SMILES string of the molecule is CC(C)(C)c1nc(Cl)cc(N(CC(N)=O)CC(N)=O)n1. The van der Waals surface area contributed by atoms with Crippen molar-refractivity contribution in [3.63, 3.8) is 0 Å². The molecule has 4 N–H and O–H groups in total. The maximum absolute atomic E-state index is 11.1. The molecule has 20 heavy (non-hydrogen) atoms. The van der Waals surface area contributed by atoms with Crippen molar-refractivity contribution in [2.75, 3.05) is 18.0 Å². The van der Waals surface area contributed by atoms with Crippen LogP contribution < -0.4 is 16.4 Å². The molecule has 1 aromatic heterocycles. The lowest BCUT2D eigenvalue weighted by Crippen LogP contribution is -2.40. The van der Waals surface area contributed by atoms with Crippen molar-refractivity contribution < 1.29 is 9.59 Å². The van der Waals surface area contributed by atoms with Gasteiger partial charge in [-0.3, -0.25) is 9.59 Å². The molecule has 0 saturated heterocycles. The Bertz CT molecular complexity index is 511. The van der Waals surface area contributed by atoms with Crippen LogP contribution in [0.2, 0.25) is 5.15 Å². The number of carbonyl (C=O) groups is 2. The Morgan fingerprint density at radius 1 is 1.20 bits per heavy atom. The Balaban J connectivity index is 3.21. The maximum Gasteiger partial charge on any atom is 0.237 e. The molecule has 0 aliphatic rings. The number of rotatable bonds is 5. The minimum absolute atomic E-state index is 0.181. The number of anilines is 1. The molecule has 110 valence electrons. The first kappa shape index (κ1) is 16.2. The van der Waals surface area contributed by atoms with Crippen LogP contribution in [0.15, 0.2) is 6.07 Å². The molecule has 0 radical (unpaired) electrons. The zero-order valence-corrected chi connectivity index (χ0v) is 12.4. The number of halogens is 1. The van der Waals surface area contributed by atoms with E-state index in [1.807, 2.05) is 20.8 Å². The van der Waals surface area contributed by atoms with Gasteiger partial charge in [-0.05, 0) is 0 Å². The number of amides is 2. The van der Waals surface area contributed by atoms with E-state index in [2.05, 4.69) is 9.97 Å². The van der Waals surface area contributed by atoms with E-state index in [1.165, 1.54) is 11.0 Å². The van der Waals surface area contributed by atoms with Gasteiger partial charge in [-0.25, -0.2) is 9.97 Å². The number of hydrogen-bond donors (Lipinski definition) is 2. The van der Waals surface area contributed by atoms with Crippen LogP contribution in [0.25, 0.3) is 0 Å². The Morgan fingerprint density at radius 2 is 1.70 bits per heavy atom. The molecular formula is C12H18ClN5O2. The van der Waals surface area contributed by atoms with Crippen LogP contribution in [-0.2, 0) is 15.0 Å². The summed E-state index contributed by atoms with van der Waals surface area (Å²) in [6.45, 7) is 5.42. The van der Waals surface area contributed by atoms with E-state index in [0.717, 1.165) is 0 Å². The summed E-state index contributed by atoms with van der Waals surface area (Å²) >= 11 is 5.96. The molecule has 1 aromatic rings. The van der Waals surface area contributed by atoms with E-state index in [1.54, 1.807) is 0 Å². The second kappa shape index (κ2) is 6.04. The van der Waals surface area contributed by atoms with Crippen molar-refractivity contribution in [2.24, 2.45) is 11.5 Å². The van der Waals surface area contributed by atoms with E-state index in [9.17, 15) is 9.59 Å². The molecular weight excluding hydrogens is 282 g/mol. The first-order valence-corrected chi connectivity index (χ1v) is 6.34. The van der Waals surface area contributed by atoms with Crippen molar-refractivity contribution in [3.05, 3.63) is 17.0 Å². The molecule has 1 rings (SSSR count). The topological polar surface area (TPSA) is 115 Å². The lowest BCUT2D eigenvalue weighted by molar-refractivity contribution is -0.117. The fourth-order valence-corrected chi connectivity index (χ4v) is 1.67. The quantitative estimate of drug-likeness (QED) is 0.754. The molecule has 0 atom stereocenters. The van der Waals surface area contributed by atoms with E-state index in [0.29, 0.717) is 11.6 Å². The second-order valence-electron chi connectivity index (χ2n) is 5.41. The van der Waals surface area contributed by atoms with Gasteiger partial charge in [-0.2, -0.15) is 0 Å². The lowest BCUT2D eigenvalue weighted by atomic mass is 9.96. The predicted octanol–water partition coefficient (Wildman–Crippen LogP) is 0.205. The molecule has 0 bridgehead atoms. The van der Waals surface area contributed by atoms with Crippen LogP contribution in [0.3, 0.4) is 0 Å². The van der Waals surface area contributed by atoms with Crippen molar-refractivity contribution in [3.8, 4) is 0 Å². The minimum atomic E-state index is -0.599. The average Bonchev–Trinajstić information content (AvgIpc) is 2.24. The monoisotopic (exact) mass is 299 g/mol. The van der Waals surface area contributed by atoms with Gasteiger partial charge in [0.15, 0.2) is 0 Å². The summed E-state index contributed by atoms with van der Waals surface area (Å²) in [5, 5.41) is 0.221. The van der Waals surface area contributed by atoms with Crippen LogP contribution >= 0.6 is 11.6 Å². The molecule has 0 unspecified atom stereocenters. The molecule has 2 amide bonds. The maximum atomic E-state index is 11.1. The minimum Gasteiger partial charge on any atom is -0.368 e. The standard InChI is InChI=1S/C12H18ClN5O2/c1-12(2,3)11-16-7(13)4-10(17-11)18(5-8(14)19)6-9(15)20/h4H,5-6H2,1-3H3,(H2,14,19)(H2,15,20). The van der Waals surface area contributed by atoms with Crippen molar-refractivity contribution in [1.29, 1.82) is 0 Å². The number of hydrogen-bond acceptors (Lipinski definition) is 5. The lowest BCUT2D eigenvalue weighted by Gasteiger charge is -2.23. The highest BCUT2D eigenvalue weighted by Crippen LogP contribution is 2.23. The Hall–Kier alpha value is -1.89. The van der Waals surface area contributed by atoms with Gasteiger partial charge in [0.2, 0.25) is 11.8 Å². The number of nitrogens with two attached hydrogens (primary N) is 2. The highest BCUT2D eigenvalue weighted by atomic mass is 35.5. The van der Waals surface area contributed by atoms with Gasteiger partial charge in [-0.1, -0.05) is 32.4 Å². The third-order valence-electron chi connectivity index (χ3n) is 2.37. The normalized spacial score (nSPS) is 11.2. The fourth-order valence-electron chi connectivity index (χ4n) is 1.50. The number of aromatic nitrogens is 2. The van der Waals surface area contributed by atoms with Crippen LogP contribution in [0, 0.1) is 0 Å². The van der Waals surface area contributed by atoms with Gasteiger partial charge < -0.3 is 16.4 Å². The molecule has 0 fully saturated rings. The zero-order valence-electron chi connectivity index (χ0n) is 11.7. The van der Waals surface area contributed by atoms with Crippen molar-refractivity contribution >= 4 is 29.2 Å². The average molecular weight is 300 g/mol. The summed E-state index contributed by atoms with van der Waals surface area (Å²) in [6, 6.07) is 1.46.